The van der Waals surface area contributed by atoms with Gasteiger partial charge in [-0.1, -0.05) is 6.07 Å². The summed E-state index contributed by atoms with van der Waals surface area (Å²) < 4.78 is 11.0. The fourth-order valence-corrected chi connectivity index (χ4v) is 1.96. The van der Waals surface area contributed by atoms with E-state index in [1.54, 1.807) is 12.1 Å². The molecule has 0 atom stereocenters. The van der Waals surface area contributed by atoms with E-state index < -0.39 is 5.97 Å². The Bertz CT molecular complexity index is 624. The van der Waals surface area contributed by atoms with E-state index in [0.29, 0.717) is 30.4 Å². The summed E-state index contributed by atoms with van der Waals surface area (Å²) >= 11 is 0. The molecule has 18 heavy (non-hydrogen) atoms. The Labute approximate surface area is 103 Å². The number of benzene rings is 1. The van der Waals surface area contributed by atoms with Gasteiger partial charge in [0, 0.05) is 11.5 Å². The summed E-state index contributed by atoms with van der Waals surface area (Å²) in [6.07, 6.45) is -0.0790. The fraction of sp³-hybridized carbons (Fsp3) is 0.231. The van der Waals surface area contributed by atoms with Gasteiger partial charge >= 0.3 is 5.97 Å². The molecule has 1 aromatic carbocycles. The zero-order valence-corrected chi connectivity index (χ0v) is 9.55. The number of aliphatic carboxylic acids is 1. The second-order valence-electron chi connectivity index (χ2n) is 4.06. The van der Waals surface area contributed by atoms with Crippen molar-refractivity contribution in [3.8, 4) is 11.5 Å². The van der Waals surface area contributed by atoms with E-state index >= 15 is 0 Å². The van der Waals surface area contributed by atoms with Crippen LogP contribution in [-0.4, -0.2) is 29.3 Å². The molecule has 0 aliphatic carbocycles. The van der Waals surface area contributed by atoms with Crippen molar-refractivity contribution < 1.29 is 19.4 Å². The predicted octanol–water partition coefficient (Wildman–Crippen LogP) is 1.63. The van der Waals surface area contributed by atoms with Crippen molar-refractivity contribution in [2.24, 2.45) is 0 Å². The Morgan fingerprint density at radius 1 is 1.22 bits per heavy atom. The molecule has 0 saturated carbocycles. The number of carboxylic acids is 1. The molecule has 0 unspecified atom stereocenters. The van der Waals surface area contributed by atoms with Gasteiger partial charge in [0.2, 0.25) is 0 Å². The summed E-state index contributed by atoms with van der Waals surface area (Å²) in [5.41, 5.74) is 1.25. The summed E-state index contributed by atoms with van der Waals surface area (Å²) in [5.74, 6) is 0.481. The van der Waals surface area contributed by atoms with E-state index in [4.69, 9.17) is 14.6 Å². The third-order valence-electron chi connectivity index (χ3n) is 2.74. The summed E-state index contributed by atoms with van der Waals surface area (Å²) in [6.45, 7) is 1.07. The number of aromatic nitrogens is 1. The molecule has 5 heteroatoms. The highest BCUT2D eigenvalue weighted by Crippen LogP contribution is 2.33. The number of carbonyl (C=O) groups is 1. The molecule has 0 radical (unpaired) electrons. The van der Waals surface area contributed by atoms with Crippen LogP contribution >= 0.6 is 0 Å². The number of carboxylic acid groups (broad SMARTS) is 1. The molecular weight excluding hydrogens is 234 g/mol. The van der Waals surface area contributed by atoms with Crippen LogP contribution in [0.3, 0.4) is 0 Å². The van der Waals surface area contributed by atoms with Gasteiger partial charge in [-0.25, -0.2) is 0 Å². The van der Waals surface area contributed by atoms with Crippen molar-refractivity contribution in [3.63, 3.8) is 0 Å². The number of hydrogen-bond donors (Lipinski definition) is 1. The number of hydrogen-bond acceptors (Lipinski definition) is 4. The van der Waals surface area contributed by atoms with Gasteiger partial charge in [0.25, 0.3) is 0 Å². The van der Waals surface area contributed by atoms with Gasteiger partial charge in [-0.2, -0.15) is 0 Å². The molecule has 92 valence electrons. The van der Waals surface area contributed by atoms with Crippen molar-refractivity contribution in [2.45, 2.75) is 6.42 Å². The first kappa shape index (κ1) is 10.8. The minimum Gasteiger partial charge on any atom is -0.486 e. The molecule has 1 N–H and O–H groups in total. The van der Waals surface area contributed by atoms with E-state index in [2.05, 4.69) is 4.98 Å². The van der Waals surface area contributed by atoms with Crippen molar-refractivity contribution in [2.75, 3.05) is 13.2 Å². The van der Waals surface area contributed by atoms with Gasteiger partial charge < -0.3 is 14.6 Å². The molecule has 0 spiro atoms. The molecule has 2 aromatic rings. The average molecular weight is 245 g/mol. The summed E-state index contributed by atoms with van der Waals surface area (Å²) in [5, 5.41) is 9.66. The van der Waals surface area contributed by atoms with E-state index in [1.165, 1.54) is 0 Å². The summed E-state index contributed by atoms with van der Waals surface area (Å²) in [4.78, 5) is 15.0. The smallest absolute Gasteiger partial charge is 0.309 e. The van der Waals surface area contributed by atoms with Gasteiger partial charge in [0.1, 0.15) is 13.2 Å². The third-order valence-corrected chi connectivity index (χ3v) is 2.74. The van der Waals surface area contributed by atoms with Crippen LogP contribution in [0, 0.1) is 0 Å². The number of fused-ring (bicyclic) bond motifs is 2. The van der Waals surface area contributed by atoms with Crippen LogP contribution in [0.25, 0.3) is 10.9 Å². The van der Waals surface area contributed by atoms with Gasteiger partial charge in [0.05, 0.1) is 17.6 Å². The van der Waals surface area contributed by atoms with Crippen LogP contribution in [0.4, 0.5) is 0 Å². The normalized spacial score (nSPS) is 13.6. The highest BCUT2D eigenvalue weighted by molar-refractivity contribution is 5.83. The largest absolute Gasteiger partial charge is 0.486 e. The first-order valence-corrected chi connectivity index (χ1v) is 5.63. The van der Waals surface area contributed by atoms with E-state index in [1.807, 2.05) is 12.1 Å². The first-order valence-electron chi connectivity index (χ1n) is 5.63. The zero-order chi connectivity index (χ0) is 12.5. The third kappa shape index (κ3) is 1.95. The summed E-state index contributed by atoms with van der Waals surface area (Å²) in [6, 6.07) is 7.21. The van der Waals surface area contributed by atoms with Crippen LogP contribution in [0.15, 0.2) is 24.3 Å². The molecule has 5 nitrogen and oxygen atoms in total. The standard InChI is InChI=1S/C13H11NO4/c15-13(16)6-9-2-1-8-5-11-12(7-10(8)14-9)18-4-3-17-11/h1-2,5,7H,3-4,6H2,(H,15,16). The molecule has 0 bridgehead atoms. The minimum absolute atomic E-state index is 0.0790. The van der Waals surface area contributed by atoms with E-state index in [-0.39, 0.29) is 6.42 Å². The second-order valence-corrected chi connectivity index (χ2v) is 4.06. The lowest BCUT2D eigenvalue weighted by atomic mass is 10.1. The Kier molecular flexibility index (Phi) is 2.51. The lowest BCUT2D eigenvalue weighted by Crippen LogP contribution is -2.15. The topological polar surface area (TPSA) is 68.7 Å². The number of rotatable bonds is 2. The predicted molar refractivity (Wildman–Crippen MR) is 64.1 cm³/mol. The van der Waals surface area contributed by atoms with Crippen LogP contribution in [0.1, 0.15) is 5.69 Å². The quantitative estimate of drug-likeness (QED) is 0.870. The molecule has 0 fully saturated rings. The Hall–Kier alpha value is -2.30. The van der Waals surface area contributed by atoms with Crippen LogP contribution in [0.2, 0.25) is 0 Å². The highest BCUT2D eigenvalue weighted by atomic mass is 16.6. The SMILES string of the molecule is O=C(O)Cc1ccc2cc3c(cc2n1)OCCO3. The molecular formula is C13H11NO4. The van der Waals surface area contributed by atoms with Crippen molar-refractivity contribution in [1.82, 2.24) is 4.98 Å². The minimum atomic E-state index is -0.889. The maximum atomic E-state index is 10.7. The van der Waals surface area contributed by atoms with E-state index in [0.717, 1.165) is 10.9 Å². The molecule has 1 aromatic heterocycles. The lowest BCUT2D eigenvalue weighted by molar-refractivity contribution is -0.136. The van der Waals surface area contributed by atoms with Crippen molar-refractivity contribution in [3.05, 3.63) is 30.0 Å². The Morgan fingerprint density at radius 2 is 1.94 bits per heavy atom. The van der Waals surface area contributed by atoms with Crippen molar-refractivity contribution >= 4 is 16.9 Å². The van der Waals surface area contributed by atoms with Crippen molar-refractivity contribution in [1.29, 1.82) is 0 Å². The van der Waals surface area contributed by atoms with Gasteiger partial charge in [-0.3, -0.25) is 9.78 Å². The molecule has 1 aliphatic rings. The molecule has 2 heterocycles. The monoisotopic (exact) mass is 245 g/mol. The molecule has 3 rings (SSSR count). The molecule has 0 amide bonds. The van der Waals surface area contributed by atoms with Gasteiger partial charge in [-0.05, 0) is 12.1 Å². The maximum Gasteiger partial charge on any atom is 0.309 e. The molecule has 1 aliphatic heterocycles. The maximum absolute atomic E-state index is 10.7. The average Bonchev–Trinajstić information content (AvgIpc) is 2.35. The number of pyridine rings is 1. The number of nitrogens with zero attached hydrogens (tertiary/aromatic N) is 1. The lowest BCUT2D eigenvalue weighted by Gasteiger charge is -2.18. The van der Waals surface area contributed by atoms with Crippen LogP contribution in [-0.2, 0) is 11.2 Å². The molecule has 0 saturated heterocycles. The Balaban J connectivity index is 2.07. The summed E-state index contributed by atoms with van der Waals surface area (Å²) in [7, 11) is 0. The van der Waals surface area contributed by atoms with Gasteiger partial charge in [0.15, 0.2) is 11.5 Å². The zero-order valence-electron chi connectivity index (χ0n) is 9.55. The number of ether oxygens (including phenoxy) is 2. The highest BCUT2D eigenvalue weighted by Gasteiger charge is 2.13. The van der Waals surface area contributed by atoms with Crippen LogP contribution in [0.5, 0.6) is 11.5 Å². The fourth-order valence-electron chi connectivity index (χ4n) is 1.96. The Morgan fingerprint density at radius 3 is 2.67 bits per heavy atom. The van der Waals surface area contributed by atoms with E-state index in [9.17, 15) is 4.79 Å². The second kappa shape index (κ2) is 4.18. The van der Waals surface area contributed by atoms with Gasteiger partial charge in [-0.15, -0.1) is 0 Å². The van der Waals surface area contributed by atoms with Crippen LogP contribution < -0.4 is 9.47 Å². The first-order chi connectivity index (χ1) is 8.72.